The van der Waals surface area contributed by atoms with E-state index in [-0.39, 0.29) is 12.1 Å². The standard InChI is InChI=1S/C20H38O2/c1-4-6-7-8-9-10-11-12-13-14-15-16-17-18-20(5-2)22-19(3)21/h8-9,20H,4-7,10-18H2,1-3H3. The molecule has 0 saturated heterocycles. The maximum atomic E-state index is 10.9. The van der Waals surface area contributed by atoms with Crippen LogP contribution in [0.1, 0.15) is 104 Å². The van der Waals surface area contributed by atoms with E-state index >= 15 is 0 Å². The average molecular weight is 311 g/mol. The average Bonchev–Trinajstić information content (AvgIpc) is 2.50. The Morgan fingerprint density at radius 3 is 1.95 bits per heavy atom. The van der Waals surface area contributed by atoms with Crippen LogP contribution in [0.5, 0.6) is 0 Å². The predicted molar refractivity (Wildman–Crippen MR) is 96.1 cm³/mol. The molecule has 0 fully saturated rings. The number of unbranched alkanes of at least 4 members (excludes halogenated alkanes) is 9. The number of ether oxygens (including phenoxy) is 1. The minimum absolute atomic E-state index is 0.136. The second-order valence-electron chi connectivity index (χ2n) is 6.31. The quantitative estimate of drug-likeness (QED) is 0.194. The molecule has 130 valence electrons. The van der Waals surface area contributed by atoms with Crippen molar-refractivity contribution in [3.05, 3.63) is 12.2 Å². The SMILES string of the molecule is CCCCC=CCCCCCCCCCC(CC)OC(C)=O. The number of hydrogen-bond donors (Lipinski definition) is 0. The van der Waals surface area contributed by atoms with Crippen LogP contribution in [-0.2, 0) is 9.53 Å². The minimum Gasteiger partial charge on any atom is -0.463 e. The fourth-order valence-corrected chi connectivity index (χ4v) is 2.66. The van der Waals surface area contributed by atoms with Gasteiger partial charge >= 0.3 is 5.97 Å². The van der Waals surface area contributed by atoms with Crippen LogP contribution in [0.4, 0.5) is 0 Å². The van der Waals surface area contributed by atoms with Gasteiger partial charge in [0, 0.05) is 6.92 Å². The van der Waals surface area contributed by atoms with Crippen molar-refractivity contribution in [2.75, 3.05) is 0 Å². The zero-order chi connectivity index (χ0) is 16.5. The Balaban J connectivity index is 3.26. The Kier molecular flexibility index (Phi) is 16.0. The molecule has 0 rings (SSSR count). The summed E-state index contributed by atoms with van der Waals surface area (Å²) in [6.45, 7) is 5.83. The highest BCUT2D eigenvalue weighted by Crippen LogP contribution is 2.13. The lowest BCUT2D eigenvalue weighted by Gasteiger charge is -2.14. The summed E-state index contributed by atoms with van der Waals surface area (Å²) < 4.78 is 5.26. The summed E-state index contributed by atoms with van der Waals surface area (Å²) in [4.78, 5) is 10.9. The number of allylic oxidation sites excluding steroid dienone is 2. The van der Waals surface area contributed by atoms with Gasteiger partial charge in [-0.1, -0.05) is 70.9 Å². The van der Waals surface area contributed by atoms with Gasteiger partial charge in [0.15, 0.2) is 0 Å². The summed E-state index contributed by atoms with van der Waals surface area (Å²) in [6, 6.07) is 0. The van der Waals surface area contributed by atoms with E-state index in [9.17, 15) is 4.79 Å². The molecular weight excluding hydrogens is 272 g/mol. The third-order valence-corrected chi connectivity index (χ3v) is 4.08. The highest BCUT2D eigenvalue weighted by atomic mass is 16.5. The Morgan fingerprint density at radius 1 is 0.864 bits per heavy atom. The van der Waals surface area contributed by atoms with Gasteiger partial charge in [-0.2, -0.15) is 0 Å². The van der Waals surface area contributed by atoms with Gasteiger partial charge < -0.3 is 4.74 Å². The van der Waals surface area contributed by atoms with E-state index in [1.165, 1.54) is 77.6 Å². The van der Waals surface area contributed by atoms with E-state index in [0.29, 0.717) is 0 Å². The maximum absolute atomic E-state index is 10.9. The van der Waals surface area contributed by atoms with E-state index in [1.54, 1.807) is 0 Å². The fourth-order valence-electron chi connectivity index (χ4n) is 2.66. The summed E-state index contributed by atoms with van der Waals surface area (Å²) in [5.74, 6) is -0.143. The molecule has 22 heavy (non-hydrogen) atoms. The van der Waals surface area contributed by atoms with Crippen LogP contribution in [0.2, 0.25) is 0 Å². The molecular formula is C20H38O2. The van der Waals surface area contributed by atoms with Gasteiger partial charge in [-0.15, -0.1) is 0 Å². The van der Waals surface area contributed by atoms with Gasteiger partial charge in [-0.05, 0) is 38.5 Å². The lowest BCUT2D eigenvalue weighted by Crippen LogP contribution is -2.14. The van der Waals surface area contributed by atoms with Crippen molar-refractivity contribution in [2.45, 2.75) is 110 Å². The Bertz CT molecular complexity index is 271. The number of esters is 1. The van der Waals surface area contributed by atoms with Gasteiger partial charge in [0.25, 0.3) is 0 Å². The van der Waals surface area contributed by atoms with Crippen molar-refractivity contribution in [3.8, 4) is 0 Å². The summed E-state index contributed by atoms with van der Waals surface area (Å²) in [7, 11) is 0. The topological polar surface area (TPSA) is 26.3 Å². The first-order valence-corrected chi connectivity index (χ1v) is 9.52. The second-order valence-corrected chi connectivity index (χ2v) is 6.31. The van der Waals surface area contributed by atoms with Gasteiger partial charge in [-0.3, -0.25) is 4.79 Å². The molecule has 0 aliphatic carbocycles. The Labute approximate surface area is 138 Å². The summed E-state index contributed by atoms with van der Waals surface area (Å²) in [5.41, 5.74) is 0. The van der Waals surface area contributed by atoms with Crippen molar-refractivity contribution < 1.29 is 9.53 Å². The van der Waals surface area contributed by atoms with Gasteiger partial charge in [0.1, 0.15) is 6.10 Å². The molecule has 2 nitrogen and oxygen atoms in total. The molecule has 0 amide bonds. The molecule has 0 aliphatic heterocycles. The highest BCUT2D eigenvalue weighted by molar-refractivity contribution is 5.66. The van der Waals surface area contributed by atoms with Crippen LogP contribution in [0.3, 0.4) is 0 Å². The van der Waals surface area contributed by atoms with Gasteiger partial charge in [0.2, 0.25) is 0 Å². The lowest BCUT2D eigenvalue weighted by atomic mass is 10.0. The van der Waals surface area contributed by atoms with Crippen LogP contribution in [0.15, 0.2) is 12.2 Å². The molecule has 0 heterocycles. The molecule has 0 N–H and O–H groups in total. The maximum Gasteiger partial charge on any atom is 0.302 e. The smallest absolute Gasteiger partial charge is 0.302 e. The molecule has 0 bridgehead atoms. The molecule has 2 heteroatoms. The van der Waals surface area contributed by atoms with Crippen molar-refractivity contribution >= 4 is 5.97 Å². The largest absolute Gasteiger partial charge is 0.463 e. The van der Waals surface area contributed by atoms with Crippen LogP contribution in [-0.4, -0.2) is 12.1 Å². The van der Waals surface area contributed by atoms with Crippen LogP contribution in [0, 0.1) is 0 Å². The van der Waals surface area contributed by atoms with Crippen molar-refractivity contribution in [3.63, 3.8) is 0 Å². The molecule has 0 saturated carbocycles. The van der Waals surface area contributed by atoms with E-state index < -0.39 is 0 Å². The van der Waals surface area contributed by atoms with Crippen LogP contribution in [0.25, 0.3) is 0 Å². The fraction of sp³-hybridized carbons (Fsp3) is 0.850. The predicted octanol–water partition coefficient (Wildman–Crippen LogP) is 6.59. The molecule has 1 atom stereocenters. The van der Waals surface area contributed by atoms with E-state index in [4.69, 9.17) is 4.74 Å². The third kappa shape index (κ3) is 15.6. The Morgan fingerprint density at radius 2 is 1.41 bits per heavy atom. The molecule has 0 aromatic rings. The molecule has 0 radical (unpaired) electrons. The second kappa shape index (κ2) is 16.6. The number of rotatable bonds is 15. The third-order valence-electron chi connectivity index (χ3n) is 4.08. The molecule has 0 aliphatic rings. The van der Waals surface area contributed by atoms with Crippen molar-refractivity contribution in [1.82, 2.24) is 0 Å². The molecule has 0 spiro atoms. The van der Waals surface area contributed by atoms with Crippen LogP contribution >= 0.6 is 0 Å². The Hall–Kier alpha value is -0.790. The summed E-state index contributed by atoms with van der Waals surface area (Å²) in [6.07, 6.45) is 21.1. The number of hydrogen-bond acceptors (Lipinski definition) is 2. The van der Waals surface area contributed by atoms with Gasteiger partial charge in [0.05, 0.1) is 0 Å². The first-order chi connectivity index (χ1) is 10.7. The van der Waals surface area contributed by atoms with E-state index in [2.05, 4.69) is 26.0 Å². The number of carbonyl (C=O) groups is 1. The molecule has 0 aromatic heterocycles. The van der Waals surface area contributed by atoms with Gasteiger partial charge in [-0.25, -0.2) is 0 Å². The highest BCUT2D eigenvalue weighted by Gasteiger charge is 2.08. The molecule has 0 aromatic carbocycles. The first-order valence-electron chi connectivity index (χ1n) is 9.52. The van der Waals surface area contributed by atoms with Crippen molar-refractivity contribution in [2.24, 2.45) is 0 Å². The monoisotopic (exact) mass is 310 g/mol. The molecule has 1 unspecified atom stereocenters. The lowest BCUT2D eigenvalue weighted by molar-refractivity contribution is -0.146. The first kappa shape index (κ1) is 21.2. The van der Waals surface area contributed by atoms with E-state index in [0.717, 1.165) is 12.8 Å². The zero-order valence-electron chi connectivity index (χ0n) is 15.2. The van der Waals surface area contributed by atoms with E-state index in [1.807, 2.05) is 0 Å². The number of carbonyl (C=O) groups excluding carboxylic acids is 1. The van der Waals surface area contributed by atoms with Crippen molar-refractivity contribution in [1.29, 1.82) is 0 Å². The minimum atomic E-state index is -0.143. The normalized spacial score (nSPS) is 12.7. The summed E-state index contributed by atoms with van der Waals surface area (Å²) in [5, 5.41) is 0. The zero-order valence-corrected chi connectivity index (χ0v) is 15.2. The summed E-state index contributed by atoms with van der Waals surface area (Å²) >= 11 is 0. The van der Waals surface area contributed by atoms with Crippen LogP contribution < -0.4 is 0 Å².